The van der Waals surface area contributed by atoms with Crippen LogP contribution in [0.2, 0.25) is 0 Å². The number of carboxylic acids is 2. The summed E-state index contributed by atoms with van der Waals surface area (Å²) in [6.45, 7) is 6.20. The highest BCUT2D eigenvalue weighted by molar-refractivity contribution is 5.81. The molecule has 1 fully saturated rings. The average Bonchev–Trinajstić information content (AvgIpc) is 3.41. The van der Waals surface area contributed by atoms with Crippen LogP contribution in [0.1, 0.15) is 11.5 Å². The second kappa shape index (κ2) is 12.5. The highest BCUT2D eigenvalue weighted by atomic mass is 19.4. The highest BCUT2D eigenvalue weighted by Gasteiger charge is 2.38. The molecule has 204 valence electrons. The number of halogens is 6. The minimum absolute atomic E-state index is 0.935. The van der Waals surface area contributed by atoms with Crippen molar-refractivity contribution in [3.8, 4) is 0 Å². The Balaban J connectivity index is 0.000000286. The van der Waals surface area contributed by atoms with Crippen molar-refractivity contribution < 1.29 is 46.1 Å². The first-order valence-corrected chi connectivity index (χ1v) is 10.6. The van der Waals surface area contributed by atoms with Gasteiger partial charge in [-0.2, -0.15) is 31.4 Å². The normalized spacial score (nSPS) is 14.9. The van der Waals surface area contributed by atoms with E-state index in [2.05, 4.69) is 54.8 Å². The van der Waals surface area contributed by atoms with Crippen LogP contribution in [0.4, 0.5) is 26.3 Å². The lowest BCUT2D eigenvalue weighted by Gasteiger charge is -2.34. The van der Waals surface area contributed by atoms with E-state index in [1.54, 1.807) is 0 Å². The molecular weight excluding hydrogens is 514 g/mol. The Hall–Kier alpha value is -3.66. The number of nitrogens with zero attached hydrogens (tertiary/aromatic N) is 5. The molecule has 3 aromatic rings. The van der Waals surface area contributed by atoms with E-state index in [4.69, 9.17) is 19.8 Å². The van der Waals surface area contributed by atoms with Crippen LogP contribution in [-0.4, -0.2) is 90.2 Å². The number of para-hydroxylation sites is 1. The number of aliphatic carboxylic acids is 2. The van der Waals surface area contributed by atoms with Crippen molar-refractivity contribution in [2.75, 3.05) is 26.2 Å². The highest BCUT2D eigenvalue weighted by Crippen LogP contribution is 2.18. The summed E-state index contributed by atoms with van der Waals surface area (Å²) < 4.78 is 65.6. The molecule has 1 aliphatic heterocycles. The lowest BCUT2D eigenvalue weighted by molar-refractivity contribution is -0.193. The molecule has 4 rings (SSSR count). The molecule has 37 heavy (non-hydrogen) atoms. The summed E-state index contributed by atoms with van der Waals surface area (Å²) in [5.74, 6) is -4.38. The van der Waals surface area contributed by atoms with Crippen LogP contribution >= 0.6 is 0 Å². The third-order valence-electron chi connectivity index (χ3n) is 5.16. The first kappa shape index (κ1) is 29.6. The summed E-state index contributed by atoms with van der Waals surface area (Å²) in [6, 6.07) is 8.31. The van der Waals surface area contributed by atoms with Crippen molar-refractivity contribution in [2.45, 2.75) is 25.4 Å². The Bertz CT molecular complexity index is 1140. The van der Waals surface area contributed by atoms with Gasteiger partial charge in [0.25, 0.3) is 0 Å². The zero-order valence-electron chi connectivity index (χ0n) is 19.4. The minimum Gasteiger partial charge on any atom is -0.475 e. The molecule has 1 aliphatic rings. The third kappa shape index (κ3) is 9.38. The Kier molecular flexibility index (Phi) is 10.0. The largest absolute Gasteiger partial charge is 0.490 e. The average molecular weight is 538 g/mol. The maximum Gasteiger partial charge on any atom is 0.490 e. The van der Waals surface area contributed by atoms with Crippen molar-refractivity contribution >= 4 is 22.8 Å². The molecule has 0 aliphatic carbocycles. The number of alkyl halides is 6. The van der Waals surface area contributed by atoms with Gasteiger partial charge in [0, 0.05) is 57.6 Å². The Morgan fingerprint density at radius 3 is 1.86 bits per heavy atom. The van der Waals surface area contributed by atoms with E-state index in [1.807, 2.05) is 18.5 Å². The topological polar surface area (TPSA) is 128 Å². The van der Waals surface area contributed by atoms with E-state index in [1.165, 1.54) is 11.1 Å². The maximum atomic E-state index is 10.6. The molecular formula is C21H24F6N6O4. The maximum absolute atomic E-state index is 10.6. The van der Waals surface area contributed by atoms with Crippen LogP contribution in [-0.2, 0) is 29.7 Å². The van der Waals surface area contributed by atoms with Gasteiger partial charge in [0.15, 0.2) is 0 Å². The molecule has 0 spiro atoms. The molecule has 1 saturated heterocycles. The van der Waals surface area contributed by atoms with Crippen LogP contribution in [0, 0.1) is 0 Å². The zero-order valence-corrected chi connectivity index (χ0v) is 19.4. The Labute approximate surface area is 206 Å². The van der Waals surface area contributed by atoms with Crippen LogP contribution in [0.15, 0.2) is 36.7 Å². The summed E-state index contributed by atoms with van der Waals surface area (Å²) in [5.41, 5.74) is 2.27. The van der Waals surface area contributed by atoms with Gasteiger partial charge in [-0.25, -0.2) is 14.6 Å². The number of aryl methyl sites for hydroxylation is 1. The first-order chi connectivity index (χ1) is 17.2. The first-order valence-electron chi connectivity index (χ1n) is 10.6. The molecule has 0 atom stereocenters. The monoisotopic (exact) mass is 538 g/mol. The number of benzene rings is 1. The zero-order chi connectivity index (χ0) is 27.8. The SMILES string of the molecule is Cn1ccnc1CN1CCN(Cc2[nH]nc3ccccc23)CC1.O=C(O)C(F)(F)F.O=C(O)C(F)(F)F. The number of rotatable bonds is 4. The van der Waals surface area contributed by atoms with E-state index in [0.29, 0.717) is 0 Å². The summed E-state index contributed by atoms with van der Waals surface area (Å²) in [6.07, 6.45) is -6.29. The van der Waals surface area contributed by atoms with E-state index in [0.717, 1.165) is 50.6 Å². The fourth-order valence-corrected chi connectivity index (χ4v) is 3.21. The number of H-pyrrole nitrogens is 1. The van der Waals surface area contributed by atoms with Gasteiger partial charge in [-0.3, -0.25) is 14.9 Å². The molecule has 3 heterocycles. The van der Waals surface area contributed by atoms with E-state index < -0.39 is 24.3 Å². The van der Waals surface area contributed by atoms with Gasteiger partial charge < -0.3 is 14.8 Å². The molecule has 3 N–H and O–H groups in total. The van der Waals surface area contributed by atoms with Gasteiger partial charge in [0.05, 0.1) is 17.8 Å². The number of hydrogen-bond acceptors (Lipinski definition) is 6. The predicted octanol–water partition coefficient (Wildman–Crippen LogP) is 2.88. The van der Waals surface area contributed by atoms with E-state index in [-0.39, 0.29) is 0 Å². The van der Waals surface area contributed by atoms with Crippen molar-refractivity contribution in [1.29, 1.82) is 0 Å². The lowest BCUT2D eigenvalue weighted by atomic mass is 10.2. The molecule has 0 amide bonds. The second-order valence-electron chi connectivity index (χ2n) is 7.83. The molecule has 1 aromatic carbocycles. The van der Waals surface area contributed by atoms with Gasteiger partial charge in [-0.05, 0) is 6.07 Å². The molecule has 0 radical (unpaired) electrons. The summed E-state index contributed by atoms with van der Waals surface area (Å²) in [5, 5.41) is 23.1. The molecule has 10 nitrogen and oxygen atoms in total. The van der Waals surface area contributed by atoms with Crippen molar-refractivity contribution in [3.63, 3.8) is 0 Å². The fraction of sp³-hybridized carbons (Fsp3) is 0.429. The Morgan fingerprint density at radius 1 is 0.919 bits per heavy atom. The number of aromatic nitrogens is 4. The Morgan fingerprint density at radius 2 is 1.41 bits per heavy atom. The molecule has 16 heteroatoms. The number of nitrogens with one attached hydrogen (secondary N) is 1. The summed E-state index contributed by atoms with van der Waals surface area (Å²) in [7, 11) is 2.06. The molecule has 0 bridgehead atoms. The van der Waals surface area contributed by atoms with Gasteiger partial charge in [-0.1, -0.05) is 18.2 Å². The number of aromatic amines is 1. The molecule has 0 saturated carbocycles. The van der Waals surface area contributed by atoms with E-state index in [9.17, 15) is 26.3 Å². The number of carbonyl (C=O) groups is 2. The van der Waals surface area contributed by atoms with Crippen LogP contribution in [0.5, 0.6) is 0 Å². The third-order valence-corrected chi connectivity index (χ3v) is 5.16. The molecule has 2 aromatic heterocycles. The van der Waals surface area contributed by atoms with Gasteiger partial charge in [-0.15, -0.1) is 0 Å². The number of fused-ring (bicyclic) bond motifs is 1. The minimum atomic E-state index is -5.08. The lowest BCUT2D eigenvalue weighted by Crippen LogP contribution is -2.45. The fourth-order valence-electron chi connectivity index (χ4n) is 3.21. The van der Waals surface area contributed by atoms with Gasteiger partial charge in [0.1, 0.15) is 5.82 Å². The van der Waals surface area contributed by atoms with Crippen LogP contribution in [0.25, 0.3) is 10.9 Å². The van der Waals surface area contributed by atoms with Gasteiger partial charge >= 0.3 is 24.3 Å². The smallest absolute Gasteiger partial charge is 0.475 e. The van der Waals surface area contributed by atoms with Gasteiger partial charge in [0.2, 0.25) is 0 Å². The number of hydrogen-bond donors (Lipinski definition) is 3. The summed E-state index contributed by atoms with van der Waals surface area (Å²) in [4.78, 5) is 27.2. The van der Waals surface area contributed by atoms with Crippen molar-refractivity contribution in [2.24, 2.45) is 7.05 Å². The number of carboxylic acid groups (broad SMARTS) is 2. The van der Waals surface area contributed by atoms with Crippen LogP contribution in [0.3, 0.4) is 0 Å². The van der Waals surface area contributed by atoms with Crippen molar-refractivity contribution in [1.82, 2.24) is 29.5 Å². The standard InChI is InChI=1S/C17H22N6.2C2HF3O2/c1-21-7-6-18-17(21)13-23-10-8-22(9-11-23)12-16-14-4-2-3-5-15(14)19-20-16;2*3-2(4,5)1(6)7/h2-7H,8-13H2,1H3,(H,19,20);2*(H,6,7). The molecule has 0 unspecified atom stereocenters. The number of piperazine rings is 1. The quantitative estimate of drug-likeness (QED) is 0.433. The second-order valence-corrected chi connectivity index (χ2v) is 7.83. The predicted molar refractivity (Wildman–Crippen MR) is 117 cm³/mol. The number of imidazole rings is 1. The van der Waals surface area contributed by atoms with E-state index >= 15 is 0 Å². The summed E-state index contributed by atoms with van der Waals surface area (Å²) >= 11 is 0. The van der Waals surface area contributed by atoms with Crippen LogP contribution < -0.4 is 0 Å². The van der Waals surface area contributed by atoms with Crippen molar-refractivity contribution in [3.05, 3.63) is 48.2 Å².